The predicted molar refractivity (Wildman–Crippen MR) is 44.7 cm³/mol. The van der Waals surface area contributed by atoms with Crippen LogP contribution in [0.25, 0.3) is 0 Å². The standard InChI is InChI=1S/C8H8O6/c9-4-5(3-7(11)12)1-2-6(10)8(13)14/h1-2,4,9H,3H2,(H,11,12)(H,13,14)/b2-1?,5-4-. The van der Waals surface area contributed by atoms with Crippen LogP contribution < -0.4 is 0 Å². The zero-order valence-corrected chi connectivity index (χ0v) is 7.01. The van der Waals surface area contributed by atoms with E-state index < -0.39 is 24.1 Å². The molecule has 0 aromatic carbocycles. The molecule has 0 saturated carbocycles. The van der Waals surface area contributed by atoms with Crippen LogP contribution in [0.4, 0.5) is 0 Å². The van der Waals surface area contributed by atoms with Gasteiger partial charge in [0.15, 0.2) is 0 Å². The van der Waals surface area contributed by atoms with Crippen LogP contribution >= 0.6 is 0 Å². The Bertz CT molecular complexity index is 312. The Balaban J connectivity index is 4.41. The summed E-state index contributed by atoms with van der Waals surface area (Å²) in [6, 6.07) is 0. The first kappa shape index (κ1) is 11.9. The molecule has 0 aromatic heterocycles. The number of hydrogen-bond acceptors (Lipinski definition) is 4. The van der Waals surface area contributed by atoms with Gasteiger partial charge in [-0.3, -0.25) is 9.59 Å². The highest BCUT2D eigenvalue weighted by molar-refractivity contribution is 6.37. The molecule has 6 nitrogen and oxygen atoms in total. The van der Waals surface area contributed by atoms with Crippen LogP contribution in [0.2, 0.25) is 0 Å². The van der Waals surface area contributed by atoms with Gasteiger partial charge in [0.05, 0.1) is 12.7 Å². The van der Waals surface area contributed by atoms with E-state index in [4.69, 9.17) is 15.3 Å². The second-order valence-electron chi connectivity index (χ2n) is 2.28. The van der Waals surface area contributed by atoms with Crippen molar-refractivity contribution in [3.05, 3.63) is 24.0 Å². The predicted octanol–water partition coefficient (Wildman–Crippen LogP) is 0.113. The quantitative estimate of drug-likeness (QED) is 0.251. The van der Waals surface area contributed by atoms with E-state index in [0.717, 1.165) is 6.08 Å². The Morgan fingerprint density at radius 2 is 1.64 bits per heavy atom. The van der Waals surface area contributed by atoms with Crippen molar-refractivity contribution < 1.29 is 29.7 Å². The van der Waals surface area contributed by atoms with E-state index in [-0.39, 0.29) is 5.57 Å². The molecule has 0 aliphatic heterocycles. The smallest absolute Gasteiger partial charge is 0.376 e. The number of carbonyl (C=O) groups excluding carboxylic acids is 1. The van der Waals surface area contributed by atoms with Gasteiger partial charge in [-0.25, -0.2) is 4.79 Å². The van der Waals surface area contributed by atoms with Crippen LogP contribution in [0, 0.1) is 0 Å². The van der Waals surface area contributed by atoms with Gasteiger partial charge in [-0.2, -0.15) is 0 Å². The van der Waals surface area contributed by atoms with Gasteiger partial charge < -0.3 is 15.3 Å². The van der Waals surface area contributed by atoms with E-state index in [9.17, 15) is 14.4 Å². The van der Waals surface area contributed by atoms with Crippen molar-refractivity contribution in [2.24, 2.45) is 0 Å². The van der Waals surface area contributed by atoms with Crippen LogP contribution in [0.1, 0.15) is 6.42 Å². The van der Waals surface area contributed by atoms with Crippen LogP contribution in [0.5, 0.6) is 0 Å². The Morgan fingerprint density at radius 1 is 1.07 bits per heavy atom. The summed E-state index contributed by atoms with van der Waals surface area (Å²) in [4.78, 5) is 30.7. The van der Waals surface area contributed by atoms with Crippen LogP contribution in [0.15, 0.2) is 24.0 Å². The van der Waals surface area contributed by atoms with Gasteiger partial charge in [-0.15, -0.1) is 0 Å². The maximum atomic E-state index is 10.5. The second-order valence-corrected chi connectivity index (χ2v) is 2.28. The average molecular weight is 200 g/mol. The molecule has 0 aliphatic rings. The van der Waals surface area contributed by atoms with Crippen LogP contribution in [0.3, 0.4) is 0 Å². The molecule has 0 aliphatic carbocycles. The Kier molecular flexibility index (Phi) is 4.69. The number of aliphatic carboxylic acids is 2. The molecule has 0 unspecified atom stereocenters. The highest BCUT2D eigenvalue weighted by Crippen LogP contribution is 2.02. The number of aliphatic hydroxyl groups is 1. The molecule has 0 saturated heterocycles. The molecule has 76 valence electrons. The van der Waals surface area contributed by atoms with Crippen molar-refractivity contribution in [2.75, 3.05) is 0 Å². The zero-order chi connectivity index (χ0) is 11.1. The molecule has 0 aromatic rings. The SMILES string of the molecule is O=C(O)C/C(C=CC(=O)C(=O)O)=C\O. The first-order valence-corrected chi connectivity index (χ1v) is 3.47. The minimum atomic E-state index is -1.64. The van der Waals surface area contributed by atoms with Crippen LogP contribution in [-0.2, 0) is 14.4 Å². The first-order chi connectivity index (χ1) is 6.47. The molecule has 6 heteroatoms. The summed E-state index contributed by atoms with van der Waals surface area (Å²) in [6.45, 7) is 0. The van der Waals surface area contributed by atoms with Gasteiger partial charge in [0.2, 0.25) is 0 Å². The summed E-state index contributed by atoms with van der Waals surface area (Å²) in [5.74, 6) is -4.03. The minimum absolute atomic E-state index is 0.0629. The number of carbonyl (C=O) groups is 3. The summed E-state index contributed by atoms with van der Waals surface area (Å²) < 4.78 is 0. The first-order valence-electron chi connectivity index (χ1n) is 3.47. The Hall–Kier alpha value is -2.11. The minimum Gasteiger partial charge on any atom is -0.515 e. The van der Waals surface area contributed by atoms with Gasteiger partial charge in [0.1, 0.15) is 0 Å². The van der Waals surface area contributed by atoms with E-state index in [0.29, 0.717) is 12.3 Å². The van der Waals surface area contributed by atoms with Gasteiger partial charge >= 0.3 is 11.9 Å². The van der Waals surface area contributed by atoms with E-state index in [1.54, 1.807) is 0 Å². The molecule has 0 heterocycles. The maximum Gasteiger partial charge on any atom is 0.376 e. The molecule has 0 radical (unpaired) electrons. The number of aliphatic hydroxyl groups excluding tert-OH is 1. The number of ketones is 1. The third-order valence-electron chi connectivity index (χ3n) is 1.18. The number of carboxylic acids is 2. The highest BCUT2D eigenvalue weighted by atomic mass is 16.4. The molecule has 0 spiro atoms. The van der Waals surface area contributed by atoms with Crippen molar-refractivity contribution >= 4 is 17.7 Å². The van der Waals surface area contributed by atoms with E-state index in [1.165, 1.54) is 0 Å². The maximum absolute atomic E-state index is 10.5. The zero-order valence-electron chi connectivity index (χ0n) is 7.01. The van der Waals surface area contributed by atoms with Crippen molar-refractivity contribution in [3.63, 3.8) is 0 Å². The van der Waals surface area contributed by atoms with Crippen LogP contribution in [-0.4, -0.2) is 33.0 Å². The number of hydrogen-bond donors (Lipinski definition) is 3. The van der Waals surface area contributed by atoms with Crippen molar-refractivity contribution in [3.8, 4) is 0 Å². The lowest BCUT2D eigenvalue weighted by Crippen LogP contribution is -2.08. The second kappa shape index (κ2) is 5.52. The lowest BCUT2D eigenvalue weighted by atomic mass is 10.2. The van der Waals surface area contributed by atoms with Crippen molar-refractivity contribution in [2.45, 2.75) is 6.42 Å². The fourth-order valence-corrected chi connectivity index (χ4v) is 0.576. The number of carboxylic acid groups (broad SMARTS) is 2. The topological polar surface area (TPSA) is 112 Å². The molecule has 0 rings (SSSR count). The van der Waals surface area contributed by atoms with E-state index >= 15 is 0 Å². The molecule has 3 N–H and O–H groups in total. The highest BCUT2D eigenvalue weighted by Gasteiger charge is 2.07. The summed E-state index contributed by atoms with van der Waals surface area (Å²) >= 11 is 0. The van der Waals surface area contributed by atoms with Gasteiger partial charge in [0.25, 0.3) is 5.78 Å². The monoisotopic (exact) mass is 200 g/mol. The Morgan fingerprint density at radius 3 is 2.00 bits per heavy atom. The van der Waals surface area contributed by atoms with Crippen molar-refractivity contribution in [1.82, 2.24) is 0 Å². The fraction of sp³-hybridized carbons (Fsp3) is 0.125. The van der Waals surface area contributed by atoms with Gasteiger partial charge in [-0.05, 0) is 11.6 Å². The Labute approximate surface area is 78.8 Å². The fourth-order valence-electron chi connectivity index (χ4n) is 0.576. The molecule has 14 heavy (non-hydrogen) atoms. The van der Waals surface area contributed by atoms with E-state index in [1.807, 2.05) is 0 Å². The molecule has 0 bridgehead atoms. The molecular formula is C8H8O6. The molecule has 0 amide bonds. The third kappa shape index (κ3) is 4.70. The summed E-state index contributed by atoms with van der Waals surface area (Å²) in [6.07, 6.45) is 1.62. The molecule has 0 atom stereocenters. The van der Waals surface area contributed by atoms with Gasteiger partial charge in [-0.1, -0.05) is 6.08 Å². The molecule has 0 fully saturated rings. The number of allylic oxidation sites excluding steroid dienone is 1. The average Bonchev–Trinajstić information content (AvgIpc) is 2.10. The van der Waals surface area contributed by atoms with Gasteiger partial charge in [0, 0.05) is 0 Å². The largest absolute Gasteiger partial charge is 0.515 e. The van der Waals surface area contributed by atoms with E-state index in [2.05, 4.69) is 0 Å². The summed E-state index contributed by atoms with van der Waals surface area (Å²) in [5, 5.41) is 24.9. The number of rotatable bonds is 5. The summed E-state index contributed by atoms with van der Waals surface area (Å²) in [7, 11) is 0. The molecular weight excluding hydrogens is 192 g/mol. The lowest BCUT2D eigenvalue weighted by Gasteiger charge is -1.93. The lowest BCUT2D eigenvalue weighted by molar-refractivity contribution is -0.146. The van der Waals surface area contributed by atoms with Crippen molar-refractivity contribution in [1.29, 1.82) is 0 Å². The normalized spacial score (nSPS) is 11.6. The summed E-state index contributed by atoms with van der Waals surface area (Å²) in [5.41, 5.74) is -0.0629. The third-order valence-corrected chi connectivity index (χ3v) is 1.18.